The third kappa shape index (κ3) is 4.04. The third-order valence-electron chi connectivity index (χ3n) is 5.04. The Labute approximate surface area is 169 Å². The highest BCUT2D eigenvalue weighted by atomic mass is 19.1. The van der Waals surface area contributed by atoms with Crippen molar-refractivity contribution in [2.24, 2.45) is 0 Å². The number of nitrogens with zero attached hydrogens (tertiary/aromatic N) is 1. The number of nitrogens with one attached hydrogen (secondary N) is 1. The smallest absolute Gasteiger partial charge is 0.407 e. The van der Waals surface area contributed by atoms with Crippen molar-refractivity contribution < 1.29 is 13.9 Å². The Hall–Kier alpha value is -3.47. The Morgan fingerprint density at radius 3 is 2.38 bits per heavy atom. The number of aromatic nitrogens is 1. The number of pyridine rings is 1. The number of rotatable bonds is 5. The number of benzene rings is 2. The molecule has 2 aromatic carbocycles. The van der Waals surface area contributed by atoms with Gasteiger partial charge in [0.1, 0.15) is 12.4 Å². The summed E-state index contributed by atoms with van der Waals surface area (Å²) < 4.78 is 18.7. The number of carbonyl (C=O) groups is 1. The van der Waals surface area contributed by atoms with Crippen molar-refractivity contribution in [1.82, 2.24) is 10.3 Å². The quantitative estimate of drug-likeness (QED) is 0.663. The predicted octanol–water partition coefficient (Wildman–Crippen LogP) is 5.08. The van der Waals surface area contributed by atoms with E-state index < -0.39 is 6.09 Å². The van der Waals surface area contributed by atoms with Gasteiger partial charge in [-0.3, -0.25) is 4.98 Å². The molecule has 1 aliphatic rings. The first kappa shape index (κ1) is 18.9. The second-order valence-corrected chi connectivity index (χ2v) is 6.91. The minimum absolute atomic E-state index is 0.0371. The van der Waals surface area contributed by atoms with Crippen LogP contribution < -0.4 is 5.32 Å². The third-order valence-corrected chi connectivity index (χ3v) is 5.04. The van der Waals surface area contributed by atoms with E-state index >= 15 is 0 Å². The van der Waals surface area contributed by atoms with Crippen LogP contribution >= 0.6 is 0 Å². The van der Waals surface area contributed by atoms with E-state index in [-0.39, 0.29) is 18.3 Å². The molecule has 29 heavy (non-hydrogen) atoms. The number of carbonyl (C=O) groups excluding carboxylic acids is 1. The number of ether oxygens (including phenoxy) is 1. The zero-order chi connectivity index (χ0) is 20.2. The fourth-order valence-electron chi connectivity index (χ4n) is 3.63. The fraction of sp³-hybridized carbons (Fsp3) is 0.167. The molecule has 0 radical (unpaired) electrons. The molecule has 0 saturated heterocycles. The van der Waals surface area contributed by atoms with Crippen LogP contribution in [0.4, 0.5) is 9.18 Å². The summed E-state index contributed by atoms with van der Waals surface area (Å²) in [6.45, 7) is 2.19. The van der Waals surface area contributed by atoms with Crippen LogP contribution in [0.5, 0.6) is 0 Å². The van der Waals surface area contributed by atoms with Crippen LogP contribution in [0.15, 0.2) is 66.7 Å². The van der Waals surface area contributed by atoms with Gasteiger partial charge in [0.05, 0.1) is 11.4 Å². The topological polar surface area (TPSA) is 51.2 Å². The molecule has 4 nitrogen and oxygen atoms in total. The lowest BCUT2D eigenvalue weighted by Gasteiger charge is -2.14. The first-order valence-corrected chi connectivity index (χ1v) is 9.52. The van der Waals surface area contributed by atoms with Gasteiger partial charge in [-0.2, -0.15) is 0 Å². The molecule has 0 aliphatic heterocycles. The number of aryl methyl sites for hydroxylation is 1. The highest BCUT2D eigenvalue weighted by molar-refractivity contribution is 5.79. The molecule has 0 unspecified atom stereocenters. The van der Waals surface area contributed by atoms with Crippen molar-refractivity contribution in [1.29, 1.82) is 0 Å². The summed E-state index contributed by atoms with van der Waals surface area (Å²) in [5.41, 5.74) is 5.73. The number of alkyl carbamates (subject to hydrolysis) is 1. The molecule has 1 aliphatic carbocycles. The lowest BCUT2D eigenvalue weighted by molar-refractivity contribution is 0.144. The Balaban J connectivity index is 1.33. The molecular weight excluding hydrogens is 367 g/mol. The van der Waals surface area contributed by atoms with Crippen LogP contribution in [0.25, 0.3) is 17.2 Å². The van der Waals surface area contributed by atoms with Crippen LogP contribution in [0.3, 0.4) is 0 Å². The molecule has 1 aromatic heterocycles. The lowest BCUT2D eigenvalue weighted by atomic mass is 9.98. The summed E-state index contributed by atoms with van der Waals surface area (Å²) in [7, 11) is 0. The SMILES string of the molecule is Cc1nc(C=CCNC(=O)OCC2c3ccccc3-c3ccccc32)ccc1F. The summed E-state index contributed by atoms with van der Waals surface area (Å²) in [5.74, 6) is -0.297. The van der Waals surface area contributed by atoms with E-state index in [1.54, 1.807) is 25.1 Å². The van der Waals surface area contributed by atoms with Crippen molar-refractivity contribution in [2.45, 2.75) is 12.8 Å². The van der Waals surface area contributed by atoms with Gasteiger partial charge in [-0.15, -0.1) is 0 Å². The maximum absolute atomic E-state index is 13.2. The van der Waals surface area contributed by atoms with Gasteiger partial charge in [0, 0.05) is 12.5 Å². The van der Waals surface area contributed by atoms with Crippen LogP contribution in [-0.4, -0.2) is 24.2 Å². The summed E-state index contributed by atoms with van der Waals surface area (Å²) >= 11 is 0. The molecule has 4 rings (SSSR count). The van der Waals surface area contributed by atoms with Crippen LogP contribution in [0.2, 0.25) is 0 Å². The number of fused-ring (bicyclic) bond motifs is 3. The second-order valence-electron chi connectivity index (χ2n) is 6.91. The molecule has 0 bridgehead atoms. The van der Waals surface area contributed by atoms with E-state index in [1.807, 2.05) is 24.3 Å². The maximum Gasteiger partial charge on any atom is 0.407 e. The normalized spacial score (nSPS) is 12.6. The Kier molecular flexibility index (Phi) is 5.38. The molecule has 3 aromatic rings. The molecular formula is C24H21FN2O2. The minimum atomic E-state index is -0.472. The van der Waals surface area contributed by atoms with Gasteiger partial charge in [0.2, 0.25) is 0 Å². The van der Waals surface area contributed by atoms with Gasteiger partial charge in [-0.1, -0.05) is 54.6 Å². The molecule has 1 N–H and O–H groups in total. The van der Waals surface area contributed by atoms with Gasteiger partial charge < -0.3 is 10.1 Å². The zero-order valence-electron chi connectivity index (χ0n) is 16.1. The summed E-state index contributed by atoms with van der Waals surface area (Å²) in [6, 6.07) is 19.4. The van der Waals surface area contributed by atoms with Crippen molar-refractivity contribution >= 4 is 12.2 Å². The highest BCUT2D eigenvalue weighted by Crippen LogP contribution is 2.44. The molecule has 1 heterocycles. The molecule has 146 valence electrons. The Morgan fingerprint density at radius 2 is 1.72 bits per heavy atom. The van der Waals surface area contributed by atoms with Gasteiger partial charge in [-0.05, 0) is 47.4 Å². The van der Waals surface area contributed by atoms with E-state index in [2.05, 4.69) is 34.6 Å². The van der Waals surface area contributed by atoms with Crippen molar-refractivity contribution in [3.63, 3.8) is 0 Å². The van der Waals surface area contributed by atoms with E-state index in [9.17, 15) is 9.18 Å². The summed E-state index contributed by atoms with van der Waals surface area (Å²) in [5, 5.41) is 2.70. The second kappa shape index (κ2) is 8.27. The van der Waals surface area contributed by atoms with E-state index in [4.69, 9.17) is 4.74 Å². The number of hydrogen-bond acceptors (Lipinski definition) is 3. The molecule has 0 fully saturated rings. The summed E-state index contributed by atoms with van der Waals surface area (Å²) in [4.78, 5) is 16.2. The number of hydrogen-bond donors (Lipinski definition) is 1. The van der Waals surface area contributed by atoms with E-state index in [0.717, 1.165) is 0 Å². The Morgan fingerprint density at radius 1 is 1.07 bits per heavy atom. The first-order chi connectivity index (χ1) is 14.1. The molecule has 0 atom stereocenters. The average Bonchev–Trinajstić information content (AvgIpc) is 3.06. The maximum atomic E-state index is 13.2. The highest BCUT2D eigenvalue weighted by Gasteiger charge is 2.28. The van der Waals surface area contributed by atoms with Gasteiger partial charge in [0.25, 0.3) is 0 Å². The van der Waals surface area contributed by atoms with Crippen molar-refractivity contribution in [2.75, 3.05) is 13.2 Å². The van der Waals surface area contributed by atoms with Crippen LogP contribution in [-0.2, 0) is 4.74 Å². The average molecular weight is 388 g/mol. The lowest BCUT2D eigenvalue weighted by Crippen LogP contribution is -2.26. The van der Waals surface area contributed by atoms with Crippen LogP contribution in [0, 0.1) is 12.7 Å². The minimum Gasteiger partial charge on any atom is -0.449 e. The number of halogens is 1. The van der Waals surface area contributed by atoms with Gasteiger partial charge in [-0.25, -0.2) is 9.18 Å². The van der Waals surface area contributed by atoms with E-state index in [0.29, 0.717) is 17.9 Å². The molecule has 0 saturated carbocycles. The fourth-order valence-corrected chi connectivity index (χ4v) is 3.63. The molecule has 1 amide bonds. The van der Waals surface area contributed by atoms with Crippen molar-refractivity contribution in [3.8, 4) is 11.1 Å². The molecule has 5 heteroatoms. The monoisotopic (exact) mass is 388 g/mol. The summed E-state index contributed by atoms with van der Waals surface area (Å²) in [6.07, 6.45) is 3.01. The first-order valence-electron chi connectivity index (χ1n) is 9.52. The largest absolute Gasteiger partial charge is 0.449 e. The molecule has 0 spiro atoms. The van der Waals surface area contributed by atoms with Gasteiger partial charge in [0.15, 0.2) is 0 Å². The standard InChI is InChI=1S/C24H21FN2O2/c1-16-23(25)13-12-17(27-16)7-6-14-26-24(28)29-15-22-20-10-4-2-8-18(20)19-9-3-5-11-21(19)22/h2-13,22H,14-15H2,1H3,(H,26,28). The van der Waals surface area contributed by atoms with Crippen LogP contribution in [0.1, 0.15) is 28.4 Å². The number of amides is 1. The zero-order valence-corrected chi connectivity index (χ0v) is 16.1. The Bertz CT molecular complexity index is 1030. The van der Waals surface area contributed by atoms with Crippen molar-refractivity contribution in [3.05, 3.63) is 95.1 Å². The van der Waals surface area contributed by atoms with Gasteiger partial charge >= 0.3 is 6.09 Å². The predicted molar refractivity (Wildman–Crippen MR) is 111 cm³/mol. The van der Waals surface area contributed by atoms with E-state index in [1.165, 1.54) is 28.3 Å².